The minimum absolute atomic E-state index is 0.0839. The zero-order valence-corrected chi connectivity index (χ0v) is 11.2. The number of hydrogen-bond acceptors (Lipinski definition) is 2. The Labute approximate surface area is 99.8 Å². The zero-order valence-electron chi connectivity index (χ0n) is 11.2. The second kappa shape index (κ2) is 5.81. The van der Waals surface area contributed by atoms with Gasteiger partial charge in [0, 0.05) is 19.4 Å². The molecule has 0 radical (unpaired) electrons. The molecule has 0 saturated heterocycles. The van der Waals surface area contributed by atoms with E-state index in [4.69, 9.17) is 4.74 Å². The van der Waals surface area contributed by atoms with E-state index >= 15 is 0 Å². The van der Waals surface area contributed by atoms with Crippen LogP contribution in [-0.4, -0.2) is 18.5 Å². The number of Topliss-reactive ketones (excluding diaryl/α,β-unsaturated/α-hetero) is 1. The maximum atomic E-state index is 11.8. The number of carbonyl (C=O) groups excluding carboxylic acids is 1. The molecule has 16 heavy (non-hydrogen) atoms. The van der Waals surface area contributed by atoms with E-state index in [0.717, 1.165) is 38.0 Å². The normalized spacial score (nSPS) is 27.1. The van der Waals surface area contributed by atoms with E-state index in [1.807, 2.05) is 0 Å². The van der Waals surface area contributed by atoms with Gasteiger partial charge in [-0.2, -0.15) is 0 Å². The third-order valence-corrected chi connectivity index (χ3v) is 4.10. The van der Waals surface area contributed by atoms with Crippen LogP contribution in [0.1, 0.15) is 59.3 Å². The van der Waals surface area contributed by atoms with Gasteiger partial charge in [-0.05, 0) is 45.4 Å². The van der Waals surface area contributed by atoms with Crippen LogP contribution in [0.25, 0.3) is 0 Å². The summed E-state index contributed by atoms with van der Waals surface area (Å²) in [5.74, 6) is 1.55. The fraction of sp³-hybridized carbons (Fsp3) is 0.929. The van der Waals surface area contributed by atoms with Gasteiger partial charge in [0.2, 0.25) is 0 Å². The summed E-state index contributed by atoms with van der Waals surface area (Å²) in [4.78, 5) is 11.8. The smallest absolute Gasteiger partial charge is 0.135 e. The first kappa shape index (κ1) is 13.7. The topological polar surface area (TPSA) is 26.3 Å². The number of rotatable bonds is 5. The minimum atomic E-state index is -0.0839. The highest BCUT2D eigenvalue weighted by Gasteiger charge is 2.29. The molecule has 2 heteroatoms. The van der Waals surface area contributed by atoms with Crippen molar-refractivity contribution in [1.29, 1.82) is 0 Å². The van der Waals surface area contributed by atoms with Crippen molar-refractivity contribution in [3.63, 3.8) is 0 Å². The number of carbonyl (C=O) groups is 1. The first-order valence-corrected chi connectivity index (χ1v) is 6.56. The van der Waals surface area contributed by atoms with Crippen LogP contribution in [0.4, 0.5) is 0 Å². The van der Waals surface area contributed by atoms with Crippen LogP contribution < -0.4 is 0 Å². The molecule has 2 atom stereocenters. The van der Waals surface area contributed by atoms with Crippen LogP contribution >= 0.6 is 0 Å². The van der Waals surface area contributed by atoms with E-state index in [-0.39, 0.29) is 5.60 Å². The molecule has 0 aromatic carbocycles. The van der Waals surface area contributed by atoms with E-state index in [1.54, 1.807) is 7.11 Å². The highest BCUT2D eigenvalue weighted by Crippen LogP contribution is 2.32. The second-order valence-electron chi connectivity index (χ2n) is 5.71. The third-order valence-electron chi connectivity index (χ3n) is 4.10. The number of methoxy groups -OCH3 is 1. The summed E-state index contributed by atoms with van der Waals surface area (Å²) in [6.45, 7) is 6.42. The number of ketones is 1. The van der Waals surface area contributed by atoms with Crippen molar-refractivity contribution in [2.75, 3.05) is 7.11 Å². The lowest BCUT2D eigenvalue weighted by molar-refractivity contribution is -0.126. The molecule has 0 bridgehead atoms. The molecule has 0 heterocycles. The maximum Gasteiger partial charge on any atom is 0.135 e. The Morgan fingerprint density at radius 2 is 2.12 bits per heavy atom. The summed E-state index contributed by atoms with van der Waals surface area (Å²) in [7, 11) is 1.75. The van der Waals surface area contributed by atoms with Crippen molar-refractivity contribution in [3.8, 4) is 0 Å². The van der Waals surface area contributed by atoms with E-state index in [0.29, 0.717) is 11.7 Å². The first-order chi connectivity index (χ1) is 7.48. The molecule has 1 aliphatic rings. The average Bonchev–Trinajstić information content (AvgIpc) is 2.28. The zero-order chi connectivity index (χ0) is 12.2. The van der Waals surface area contributed by atoms with Crippen LogP contribution in [0.5, 0.6) is 0 Å². The average molecular weight is 226 g/mol. The Hall–Kier alpha value is -0.370. The Bertz CT molecular complexity index is 233. The molecule has 0 spiro atoms. The van der Waals surface area contributed by atoms with E-state index in [1.165, 1.54) is 6.42 Å². The van der Waals surface area contributed by atoms with Crippen LogP contribution in [0.15, 0.2) is 0 Å². The molecule has 94 valence electrons. The molecule has 1 saturated carbocycles. The van der Waals surface area contributed by atoms with E-state index < -0.39 is 0 Å². The van der Waals surface area contributed by atoms with Gasteiger partial charge in [0.05, 0.1) is 5.60 Å². The Kier molecular flexibility index (Phi) is 4.97. The molecule has 1 fully saturated rings. The monoisotopic (exact) mass is 226 g/mol. The first-order valence-electron chi connectivity index (χ1n) is 6.56. The molecule has 0 aromatic heterocycles. The van der Waals surface area contributed by atoms with Gasteiger partial charge in [-0.25, -0.2) is 0 Å². The molecular weight excluding hydrogens is 200 g/mol. The van der Waals surface area contributed by atoms with Gasteiger partial charge in [0.25, 0.3) is 0 Å². The summed E-state index contributed by atoms with van der Waals surface area (Å²) in [5, 5.41) is 0. The van der Waals surface area contributed by atoms with E-state index in [2.05, 4.69) is 20.8 Å². The molecule has 0 N–H and O–H groups in total. The maximum absolute atomic E-state index is 11.8. The largest absolute Gasteiger partial charge is 0.379 e. The third kappa shape index (κ3) is 3.89. The van der Waals surface area contributed by atoms with Crippen molar-refractivity contribution in [3.05, 3.63) is 0 Å². The Morgan fingerprint density at radius 1 is 1.44 bits per heavy atom. The van der Waals surface area contributed by atoms with E-state index in [9.17, 15) is 4.79 Å². The van der Waals surface area contributed by atoms with Gasteiger partial charge < -0.3 is 4.74 Å². The summed E-state index contributed by atoms with van der Waals surface area (Å²) >= 11 is 0. The van der Waals surface area contributed by atoms with Gasteiger partial charge in [0.15, 0.2) is 0 Å². The molecule has 1 rings (SSSR count). The van der Waals surface area contributed by atoms with Gasteiger partial charge in [0.1, 0.15) is 5.78 Å². The van der Waals surface area contributed by atoms with Crippen LogP contribution in [0.3, 0.4) is 0 Å². The standard InChI is InChI=1S/C14H26O2/c1-5-11-6-7-13(15)12(10-11)8-9-14(2,3)16-4/h11-12H,5-10H2,1-4H3. The number of ether oxygens (including phenoxy) is 1. The van der Waals surface area contributed by atoms with Crippen molar-refractivity contribution in [2.45, 2.75) is 64.9 Å². The quantitative estimate of drug-likeness (QED) is 0.716. The van der Waals surface area contributed by atoms with Crippen molar-refractivity contribution >= 4 is 5.78 Å². The van der Waals surface area contributed by atoms with Crippen LogP contribution in [-0.2, 0) is 9.53 Å². The lowest BCUT2D eigenvalue weighted by Crippen LogP contribution is -2.29. The molecule has 0 aliphatic heterocycles. The van der Waals surface area contributed by atoms with Crippen LogP contribution in [0, 0.1) is 11.8 Å². The number of hydrogen-bond donors (Lipinski definition) is 0. The SMILES string of the molecule is CCC1CCC(=O)C(CCC(C)(C)OC)C1. The van der Waals surface area contributed by atoms with Crippen molar-refractivity contribution in [1.82, 2.24) is 0 Å². The van der Waals surface area contributed by atoms with Crippen molar-refractivity contribution < 1.29 is 9.53 Å². The summed E-state index contributed by atoms with van der Waals surface area (Å²) in [6.07, 6.45) is 6.22. The van der Waals surface area contributed by atoms with Gasteiger partial charge in [-0.15, -0.1) is 0 Å². The lowest BCUT2D eigenvalue weighted by atomic mass is 9.76. The fourth-order valence-electron chi connectivity index (χ4n) is 2.48. The summed E-state index contributed by atoms with van der Waals surface area (Å²) < 4.78 is 5.41. The predicted octanol–water partition coefficient (Wildman–Crippen LogP) is 3.59. The molecule has 0 aromatic rings. The molecule has 2 nitrogen and oxygen atoms in total. The van der Waals surface area contributed by atoms with Gasteiger partial charge >= 0.3 is 0 Å². The van der Waals surface area contributed by atoms with Crippen molar-refractivity contribution in [2.24, 2.45) is 11.8 Å². The predicted molar refractivity (Wildman–Crippen MR) is 66.5 cm³/mol. The second-order valence-corrected chi connectivity index (χ2v) is 5.71. The van der Waals surface area contributed by atoms with Gasteiger partial charge in [-0.1, -0.05) is 13.3 Å². The highest BCUT2D eigenvalue weighted by molar-refractivity contribution is 5.81. The lowest BCUT2D eigenvalue weighted by Gasteiger charge is -2.30. The molecule has 0 amide bonds. The molecule has 2 unspecified atom stereocenters. The van der Waals surface area contributed by atoms with Gasteiger partial charge in [-0.3, -0.25) is 4.79 Å². The summed E-state index contributed by atoms with van der Waals surface area (Å²) in [6, 6.07) is 0. The molecular formula is C14H26O2. The minimum Gasteiger partial charge on any atom is -0.379 e. The Balaban J connectivity index is 2.42. The fourth-order valence-corrected chi connectivity index (χ4v) is 2.48. The molecule has 1 aliphatic carbocycles. The Morgan fingerprint density at radius 3 is 2.69 bits per heavy atom. The summed E-state index contributed by atoms with van der Waals surface area (Å²) in [5.41, 5.74) is -0.0839. The highest BCUT2D eigenvalue weighted by atomic mass is 16.5. The van der Waals surface area contributed by atoms with Crippen LogP contribution in [0.2, 0.25) is 0 Å².